The number of rotatable bonds is 5. The van der Waals surface area contributed by atoms with Crippen LogP contribution in [0.15, 0.2) is 15.2 Å². The van der Waals surface area contributed by atoms with Crippen LogP contribution >= 0.6 is 27.3 Å². The lowest BCUT2D eigenvalue weighted by molar-refractivity contribution is 0.0910. The average molecular weight is 292 g/mol. The van der Waals surface area contributed by atoms with Crippen LogP contribution in [0.5, 0.6) is 0 Å². The highest BCUT2D eigenvalue weighted by Gasteiger charge is 2.09. The topological polar surface area (TPSA) is 49.3 Å². The molecule has 3 nitrogen and oxygen atoms in total. The van der Waals surface area contributed by atoms with Crippen LogP contribution in [0, 0.1) is 0 Å². The second-order valence-corrected chi connectivity index (χ2v) is 5.58. The van der Waals surface area contributed by atoms with Crippen molar-refractivity contribution in [2.75, 3.05) is 6.54 Å². The molecule has 1 amide bonds. The Morgan fingerprint density at radius 2 is 2.47 bits per heavy atom. The Balaban J connectivity index is 2.36. The van der Waals surface area contributed by atoms with Crippen molar-refractivity contribution in [2.24, 2.45) is 0 Å². The van der Waals surface area contributed by atoms with Gasteiger partial charge in [-0.2, -0.15) is 0 Å². The van der Waals surface area contributed by atoms with Crippen LogP contribution in [-0.2, 0) is 0 Å². The summed E-state index contributed by atoms with van der Waals surface area (Å²) in [6.07, 6.45) is 1.19. The maximum absolute atomic E-state index is 11.5. The standard InChI is InChI=1S/C10H14BrNO2S/c1-2-3-8(13)5-12-10(14)7-4-9(11)15-6-7/h4,6,8,13H,2-3,5H2,1H3,(H,12,14). The van der Waals surface area contributed by atoms with Crippen LogP contribution in [0.4, 0.5) is 0 Å². The van der Waals surface area contributed by atoms with E-state index in [-0.39, 0.29) is 5.91 Å². The van der Waals surface area contributed by atoms with E-state index in [1.807, 2.05) is 6.92 Å². The van der Waals surface area contributed by atoms with Crippen LogP contribution in [0.1, 0.15) is 30.1 Å². The smallest absolute Gasteiger partial charge is 0.252 e. The van der Waals surface area contributed by atoms with Gasteiger partial charge in [-0.15, -0.1) is 11.3 Å². The van der Waals surface area contributed by atoms with Crippen LogP contribution in [0.2, 0.25) is 0 Å². The van der Waals surface area contributed by atoms with Crippen molar-refractivity contribution in [1.82, 2.24) is 5.32 Å². The van der Waals surface area contributed by atoms with Gasteiger partial charge in [0, 0.05) is 11.9 Å². The molecule has 0 radical (unpaired) electrons. The molecule has 0 aliphatic heterocycles. The Labute approximate surface area is 102 Å². The highest BCUT2D eigenvalue weighted by Crippen LogP contribution is 2.20. The fraction of sp³-hybridized carbons (Fsp3) is 0.500. The van der Waals surface area contributed by atoms with Crippen molar-refractivity contribution in [3.63, 3.8) is 0 Å². The minimum atomic E-state index is -0.443. The van der Waals surface area contributed by atoms with E-state index in [9.17, 15) is 9.90 Å². The summed E-state index contributed by atoms with van der Waals surface area (Å²) in [6.45, 7) is 2.32. The lowest BCUT2D eigenvalue weighted by atomic mass is 10.2. The van der Waals surface area contributed by atoms with Gasteiger partial charge in [-0.3, -0.25) is 4.79 Å². The molecule has 0 aliphatic carbocycles. The quantitative estimate of drug-likeness (QED) is 0.875. The van der Waals surface area contributed by atoms with Crippen LogP contribution < -0.4 is 5.32 Å². The van der Waals surface area contributed by atoms with Gasteiger partial charge in [0.25, 0.3) is 5.91 Å². The van der Waals surface area contributed by atoms with E-state index in [4.69, 9.17) is 0 Å². The first-order valence-electron chi connectivity index (χ1n) is 4.83. The molecule has 1 heterocycles. The summed E-state index contributed by atoms with van der Waals surface area (Å²) in [6, 6.07) is 1.77. The molecule has 1 atom stereocenters. The minimum absolute atomic E-state index is 0.132. The molecule has 1 rings (SSSR count). The lowest BCUT2D eigenvalue weighted by Gasteiger charge is -2.09. The van der Waals surface area contributed by atoms with Gasteiger partial charge in [-0.05, 0) is 28.4 Å². The van der Waals surface area contributed by atoms with E-state index >= 15 is 0 Å². The summed E-state index contributed by atoms with van der Waals surface area (Å²) >= 11 is 4.77. The van der Waals surface area contributed by atoms with Gasteiger partial charge in [0.15, 0.2) is 0 Å². The van der Waals surface area contributed by atoms with Crippen LogP contribution in [0.3, 0.4) is 0 Å². The predicted octanol–water partition coefficient (Wildman–Crippen LogP) is 2.40. The molecular formula is C10H14BrNO2S. The summed E-state index contributed by atoms with van der Waals surface area (Å²) in [5, 5.41) is 13.9. The van der Waals surface area contributed by atoms with Crippen molar-refractivity contribution < 1.29 is 9.90 Å². The highest BCUT2D eigenvalue weighted by molar-refractivity contribution is 9.11. The van der Waals surface area contributed by atoms with Gasteiger partial charge in [0.1, 0.15) is 0 Å². The molecule has 0 aliphatic rings. The number of hydrogen-bond donors (Lipinski definition) is 2. The van der Waals surface area contributed by atoms with E-state index < -0.39 is 6.10 Å². The normalized spacial score (nSPS) is 12.5. The zero-order valence-electron chi connectivity index (χ0n) is 8.50. The fourth-order valence-corrected chi connectivity index (χ4v) is 2.31. The molecule has 0 bridgehead atoms. The van der Waals surface area contributed by atoms with E-state index in [1.54, 1.807) is 11.4 Å². The van der Waals surface area contributed by atoms with Crippen LogP contribution in [-0.4, -0.2) is 23.7 Å². The number of amides is 1. The Kier molecular flexibility index (Phi) is 5.28. The van der Waals surface area contributed by atoms with Gasteiger partial charge >= 0.3 is 0 Å². The predicted molar refractivity (Wildman–Crippen MR) is 65.3 cm³/mol. The third kappa shape index (κ3) is 4.32. The molecule has 1 aromatic rings. The maximum atomic E-state index is 11.5. The Morgan fingerprint density at radius 3 is 3.00 bits per heavy atom. The molecular weight excluding hydrogens is 278 g/mol. The molecule has 0 aromatic carbocycles. The second kappa shape index (κ2) is 6.25. The van der Waals surface area contributed by atoms with Gasteiger partial charge in [-0.25, -0.2) is 0 Å². The Hall–Kier alpha value is -0.390. The number of aliphatic hydroxyl groups is 1. The highest BCUT2D eigenvalue weighted by atomic mass is 79.9. The maximum Gasteiger partial charge on any atom is 0.252 e. The molecule has 0 saturated heterocycles. The van der Waals surface area contributed by atoms with E-state index in [1.165, 1.54) is 11.3 Å². The third-order valence-electron chi connectivity index (χ3n) is 1.95. The van der Waals surface area contributed by atoms with Gasteiger partial charge < -0.3 is 10.4 Å². The molecule has 5 heteroatoms. The number of thiophene rings is 1. The van der Waals surface area contributed by atoms with Gasteiger partial charge in [-0.1, -0.05) is 13.3 Å². The average Bonchev–Trinajstić information content (AvgIpc) is 2.62. The number of halogens is 1. The Morgan fingerprint density at radius 1 is 1.73 bits per heavy atom. The van der Waals surface area contributed by atoms with Gasteiger partial charge in [0.2, 0.25) is 0 Å². The number of nitrogens with one attached hydrogen (secondary N) is 1. The molecule has 2 N–H and O–H groups in total. The van der Waals surface area contributed by atoms with Crippen LogP contribution in [0.25, 0.3) is 0 Å². The van der Waals surface area contributed by atoms with E-state index in [0.717, 1.165) is 10.2 Å². The zero-order valence-corrected chi connectivity index (χ0v) is 10.9. The van der Waals surface area contributed by atoms with E-state index in [0.29, 0.717) is 18.5 Å². The van der Waals surface area contributed by atoms with E-state index in [2.05, 4.69) is 21.2 Å². The first-order valence-corrected chi connectivity index (χ1v) is 6.51. The number of carbonyl (C=O) groups is 1. The summed E-state index contributed by atoms with van der Waals surface area (Å²) < 4.78 is 0.932. The largest absolute Gasteiger partial charge is 0.391 e. The number of carbonyl (C=O) groups excluding carboxylic acids is 1. The minimum Gasteiger partial charge on any atom is -0.391 e. The van der Waals surface area contributed by atoms with Gasteiger partial charge in [0.05, 0.1) is 15.5 Å². The molecule has 84 valence electrons. The third-order valence-corrected chi connectivity index (χ3v) is 3.45. The number of hydrogen-bond acceptors (Lipinski definition) is 3. The van der Waals surface area contributed by atoms with Crippen molar-refractivity contribution >= 4 is 33.2 Å². The number of aliphatic hydroxyl groups excluding tert-OH is 1. The fourth-order valence-electron chi connectivity index (χ4n) is 1.18. The van der Waals surface area contributed by atoms with Crippen molar-refractivity contribution in [3.8, 4) is 0 Å². The zero-order chi connectivity index (χ0) is 11.3. The molecule has 1 unspecified atom stereocenters. The monoisotopic (exact) mass is 291 g/mol. The van der Waals surface area contributed by atoms with Crippen molar-refractivity contribution in [2.45, 2.75) is 25.9 Å². The summed E-state index contributed by atoms with van der Waals surface area (Å²) in [4.78, 5) is 11.5. The summed E-state index contributed by atoms with van der Waals surface area (Å²) in [5.41, 5.74) is 0.635. The molecule has 0 fully saturated rings. The lowest BCUT2D eigenvalue weighted by Crippen LogP contribution is -2.31. The first kappa shape index (κ1) is 12.7. The van der Waals surface area contributed by atoms with Crippen molar-refractivity contribution in [3.05, 3.63) is 20.8 Å². The molecule has 15 heavy (non-hydrogen) atoms. The molecule has 0 spiro atoms. The van der Waals surface area contributed by atoms with Crippen molar-refractivity contribution in [1.29, 1.82) is 0 Å². The summed E-state index contributed by atoms with van der Waals surface area (Å²) in [5.74, 6) is -0.132. The first-order chi connectivity index (χ1) is 7.13. The SMILES string of the molecule is CCCC(O)CNC(=O)c1csc(Br)c1. The second-order valence-electron chi connectivity index (χ2n) is 3.29. The molecule has 1 aromatic heterocycles. The molecule has 0 saturated carbocycles. The Bertz CT molecular complexity index is 327. The summed E-state index contributed by atoms with van der Waals surface area (Å²) in [7, 11) is 0.